The van der Waals surface area contributed by atoms with E-state index in [0.29, 0.717) is 11.8 Å². The maximum absolute atomic E-state index is 2.42. The fourth-order valence-corrected chi connectivity index (χ4v) is 4.29. The second kappa shape index (κ2) is 8.55. The summed E-state index contributed by atoms with van der Waals surface area (Å²) in [6.45, 7) is 0. The Morgan fingerprint density at radius 3 is 2.33 bits per heavy atom. The van der Waals surface area contributed by atoms with Crippen molar-refractivity contribution in [1.29, 1.82) is 0 Å². The van der Waals surface area contributed by atoms with Crippen LogP contribution in [-0.2, 0) is 0 Å². The molecule has 0 aromatic heterocycles. The second-order valence-electron chi connectivity index (χ2n) is 8.16. The molecule has 2 atom stereocenters. The van der Waals surface area contributed by atoms with Gasteiger partial charge in [0.05, 0.1) is 0 Å². The Morgan fingerprint density at radius 2 is 1.47 bits per heavy atom. The SMILES string of the molecule is C1=CC(/C=C/c2ccc3c(c2)=CC2C=CC(/C=C/c4ccccc4)=CC2C=3)=CCC1. The molecule has 0 amide bonds. The van der Waals surface area contributed by atoms with Crippen LogP contribution in [0.3, 0.4) is 0 Å². The molecule has 0 radical (unpaired) electrons. The molecule has 0 saturated carbocycles. The number of rotatable bonds is 4. The Labute approximate surface area is 179 Å². The van der Waals surface area contributed by atoms with Gasteiger partial charge in [0.15, 0.2) is 0 Å². The molecule has 0 heterocycles. The van der Waals surface area contributed by atoms with E-state index < -0.39 is 0 Å². The lowest BCUT2D eigenvalue weighted by Gasteiger charge is -2.23. The van der Waals surface area contributed by atoms with E-state index in [1.165, 1.54) is 32.7 Å². The van der Waals surface area contributed by atoms with E-state index in [1.807, 2.05) is 0 Å². The summed E-state index contributed by atoms with van der Waals surface area (Å²) in [7, 11) is 0. The molecule has 0 saturated heterocycles. The molecular weight excluding hydrogens is 360 g/mol. The van der Waals surface area contributed by atoms with Gasteiger partial charge in [-0.25, -0.2) is 0 Å². The van der Waals surface area contributed by atoms with Crippen LogP contribution in [0.4, 0.5) is 0 Å². The van der Waals surface area contributed by atoms with Crippen molar-refractivity contribution >= 4 is 24.3 Å². The summed E-state index contributed by atoms with van der Waals surface area (Å²) in [5.74, 6) is 0.867. The molecule has 0 heteroatoms. The van der Waals surface area contributed by atoms with Crippen LogP contribution in [0, 0.1) is 11.8 Å². The molecule has 0 spiro atoms. The first-order valence-corrected chi connectivity index (χ1v) is 10.9. The minimum absolute atomic E-state index is 0.428. The van der Waals surface area contributed by atoms with Crippen LogP contribution < -0.4 is 10.4 Å². The van der Waals surface area contributed by atoms with Gasteiger partial charge in [-0.3, -0.25) is 0 Å². The lowest BCUT2D eigenvalue weighted by atomic mass is 9.81. The minimum atomic E-state index is 0.428. The molecule has 0 bridgehead atoms. The van der Waals surface area contributed by atoms with Crippen LogP contribution in [0.2, 0.25) is 0 Å². The van der Waals surface area contributed by atoms with Gasteiger partial charge in [0.2, 0.25) is 0 Å². The third-order valence-electron chi connectivity index (χ3n) is 5.95. The zero-order valence-electron chi connectivity index (χ0n) is 17.1. The van der Waals surface area contributed by atoms with Crippen molar-refractivity contribution in [1.82, 2.24) is 0 Å². The summed E-state index contributed by atoms with van der Waals surface area (Å²) in [5, 5.41) is 2.68. The molecule has 2 aromatic carbocycles. The fraction of sp³-hybridized carbons (Fsp3) is 0.133. The van der Waals surface area contributed by atoms with Crippen molar-refractivity contribution in [2.75, 3.05) is 0 Å². The first-order valence-electron chi connectivity index (χ1n) is 10.9. The Balaban J connectivity index is 1.37. The van der Waals surface area contributed by atoms with E-state index >= 15 is 0 Å². The molecule has 2 aromatic rings. The number of fused-ring (bicyclic) bond motifs is 2. The molecule has 30 heavy (non-hydrogen) atoms. The summed E-state index contributed by atoms with van der Waals surface area (Å²) >= 11 is 0. The third-order valence-corrected chi connectivity index (χ3v) is 5.95. The van der Waals surface area contributed by atoms with Crippen LogP contribution >= 0.6 is 0 Å². The lowest BCUT2D eigenvalue weighted by molar-refractivity contribution is 0.719. The van der Waals surface area contributed by atoms with Crippen molar-refractivity contribution in [3.05, 3.63) is 130 Å². The maximum atomic E-state index is 2.42. The monoisotopic (exact) mass is 386 g/mol. The highest BCUT2D eigenvalue weighted by atomic mass is 14.2. The van der Waals surface area contributed by atoms with Crippen molar-refractivity contribution in [2.45, 2.75) is 12.8 Å². The summed E-state index contributed by atoms with van der Waals surface area (Å²) in [6.07, 6.45) is 29.8. The molecule has 0 nitrogen and oxygen atoms in total. The molecule has 0 N–H and O–H groups in total. The fourth-order valence-electron chi connectivity index (χ4n) is 4.29. The number of allylic oxidation sites excluding steroid dienone is 10. The van der Waals surface area contributed by atoms with Crippen LogP contribution in [0.15, 0.2) is 108 Å². The van der Waals surface area contributed by atoms with E-state index in [0.717, 1.165) is 12.8 Å². The largest absolute Gasteiger partial charge is 0.0836 e. The van der Waals surface area contributed by atoms with Gasteiger partial charge in [0.25, 0.3) is 0 Å². The zero-order valence-corrected chi connectivity index (χ0v) is 17.1. The third kappa shape index (κ3) is 4.28. The van der Waals surface area contributed by atoms with E-state index in [4.69, 9.17) is 0 Å². The van der Waals surface area contributed by atoms with Gasteiger partial charge in [-0.1, -0.05) is 115 Å². The Morgan fingerprint density at radius 1 is 0.633 bits per heavy atom. The summed E-state index contributed by atoms with van der Waals surface area (Å²) in [6, 6.07) is 17.3. The molecule has 146 valence electrons. The van der Waals surface area contributed by atoms with Gasteiger partial charge in [0.1, 0.15) is 0 Å². The second-order valence-corrected chi connectivity index (χ2v) is 8.16. The predicted octanol–water partition coefficient (Wildman–Crippen LogP) is 5.99. The number of hydrogen-bond acceptors (Lipinski definition) is 0. The highest BCUT2D eigenvalue weighted by Gasteiger charge is 2.18. The quantitative estimate of drug-likeness (QED) is 0.605. The van der Waals surface area contributed by atoms with Crippen molar-refractivity contribution < 1.29 is 0 Å². The van der Waals surface area contributed by atoms with Gasteiger partial charge in [-0.2, -0.15) is 0 Å². The van der Waals surface area contributed by atoms with E-state index in [9.17, 15) is 0 Å². The van der Waals surface area contributed by atoms with E-state index in [1.54, 1.807) is 0 Å². The van der Waals surface area contributed by atoms with Crippen LogP contribution in [0.25, 0.3) is 24.3 Å². The number of hydrogen-bond donors (Lipinski definition) is 0. The predicted molar refractivity (Wildman–Crippen MR) is 130 cm³/mol. The first-order chi connectivity index (χ1) is 14.8. The summed E-state index contributed by atoms with van der Waals surface area (Å²) < 4.78 is 0. The van der Waals surface area contributed by atoms with Crippen molar-refractivity contribution in [3.63, 3.8) is 0 Å². The minimum Gasteiger partial charge on any atom is -0.0836 e. The average Bonchev–Trinajstić information content (AvgIpc) is 2.81. The highest BCUT2D eigenvalue weighted by molar-refractivity contribution is 5.60. The van der Waals surface area contributed by atoms with Crippen LogP contribution in [0.1, 0.15) is 24.0 Å². The topological polar surface area (TPSA) is 0 Å². The molecule has 3 aliphatic rings. The molecular formula is C30H26. The van der Waals surface area contributed by atoms with Gasteiger partial charge >= 0.3 is 0 Å². The Kier molecular flexibility index (Phi) is 5.31. The van der Waals surface area contributed by atoms with Gasteiger partial charge < -0.3 is 0 Å². The summed E-state index contributed by atoms with van der Waals surface area (Å²) in [4.78, 5) is 0. The van der Waals surface area contributed by atoms with E-state index in [2.05, 4.69) is 121 Å². The van der Waals surface area contributed by atoms with Gasteiger partial charge in [0, 0.05) is 11.8 Å². The lowest BCUT2D eigenvalue weighted by Crippen LogP contribution is -2.32. The standard InChI is InChI=1S/C30H26/c1-3-7-23(8-4-1)11-13-25-15-17-27-22-30-20-26(14-12-24-9-5-2-6-10-24)16-18-28(30)21-29(27)19-25/h1,3-5,7-22,27,29H,2,6H2/b13-11+,14-12+. The van der Waals surface area contributed by atoms with Crippen molar-refractivity contribution in [2.24, 2.45) is 11.8 Å². The van der Waals surface area contributed by atoms with Gasteiger partial charge in [-0.15, -0.1) is 0 Å². The smallest absolute Gasteiger partial charge is 0.00627 e. The van der Waals surface area contributed by atoms with Crippen LogP contribution in [-0.4, -0.2) is 0 Å². The summed E-state index contributed by atoms with van der Waals surface area (Å²) in [5.41, 5.74) is 5.09. The normalized spacial score (nSPS) is 22.1. The molecule has 5 rings (SSSR count). The van der Waals surface area contributed by atoms with E-state index in [-0.39, 0.29) is 0 Å². The Hall–Kier alpha value is -3.38. The zero-order chi connectivity index (χ0) is 20.2. The Bertz CT molecular complexity index is 1230. The molecule has 0 aliphatic heterocycles. The molecule has 2 unspecified atom stereocenters. The van der Waals surface area contributed by atoms with Gasteiger partial charge in [-0.05, 0) is 51.6 Å². The first kappa shape index (κ1) is 18.6. The highest BCUT2D eigenvalue weighted by Crippen LogP contribution is 2.27. The van der Waals surface area contributed by atoms with Crippen molar-refractivity contribution in [3.8, 4) is 0 Å². The molecule has 3 aliphatic carbocycles. The van der Waals surface area contributed by atoms with Crippen LogP contribution in [0.5, 0.6) is 0 Å². The number of benzene rings is 2. The molecule has 0 fully saturated rings. The maximum Gasteiger partial charge on any atom is 0.00627 e. The average molecular weight is 387 g/mol.